The van der Waals surface area contributed by atoms with Gasteiger partial charge in [-0.05, 0) is 35.1 Å². The zero-order chi connectivity index (χ0) is 21.8. The van der Waals surface area contributed by atoms with Crippen molar-refractivity contribution in [1.29, 1.82) is 0 Å². The van der Waals surface area contributed by atoms with Gasteiger partial charge < -0.3 is 9.80 Å². The molecule has 0 saturated carbocycles. The van der Waals surface area contributed by atoms with Crippen LogP contribution in [0, 0.1) is 5.92 Å². The average Bonchev–Trinajstić information content (AvgIpc) is 3.44. The number of benzene rings is 1. The molecule has 1 saturated heterocycles. The summed E-state index contributed by atoms with van der Waals surface area (Å²) in [7, 11) is 1.79. The first-order chi connectivity index (χ1) is 15.0. The van der Waals surface area contributed by atoms with Crippen molar-refractivity contribution in [2.45, 2.75) is 6.42 Å². The minimum absolute atomic E-state index is 0.0681. The monoisotopic (exact) mass is 434 g/mol. The van der Waals surface area contributed by atoms with E-state index < -0.39 is 0 Å². The molecule has 1 aliphatic heterocycles. The summed E-state index contributed by atoms with van der Waals surface area (Å²) in [5.41, 5.74) is 2.67. The summed E-state index contributed by atoms with van der Waals surface area (Å²) in [4.78, 5) is 31.0. The van der Waals surface area contributed by atoms with E-state index in [1.54, 1.807) is 51.2 Å². The summed E-state index contributed by atoms with van der Waals surface area (Å²) in [5, 5.41) is 6.31. The Balaban J connectivity index is 1.54. The van der Waals surface area contributed by atoms with Crippen LogP contribution in [0.3, 0.4) is 0 Å². The van der Waals surface area contributed by atoms with Gasteiger partial charge in [-0.2, -0.15) is 5.10 Å². The van der Waals surface area contributed by atoms with Gasteiger partial charge in [0.1, 0.15) is 5.69 Å². The standard InChI is InChI=1S/C24H26N4O2S/c1-3-11-27-13-14-28(24(30)21-10-12-26(2)25-21)17-20(23(27)29)16-18-6-8-19(9-7-18)22-5-4-15-31-22/h3-10,12,15,20H,1,11,13-14,16-17H2,2H3/t20-/m0/s1. The quantitative estimate of drug-likeness (QED) is 0.558. The molecule has 0 unspecified atom stereocenters. The molecule has 160 valence electrons. The van der Waals surface area contributed by atoms with Crippen LogP contribution in [-0.2, 0) is 18.3 Å². The predicted octanol–water partition coefficient (Wildman–Crippen LogP) is 3.48. The maximum atomic E-state index is 13.2. The van der Waals surface area contributed by atoms with Gasteiger partial charge in [0.25, 0.3) is 5.91 Å². The van der Waals surface area contributed by atoms with E-state index in [4.69, 9.17) is 0 Å². The molecule has 2 amide bonds. The highest BCUT2D eigenvalue weighted by atomic mass is 32.1. The van der Waals surface area contributed by atoms with Crippen molar-refractivity contribution in [2.24, 2.45) is 13.0 Å². The molecule has 1 aliphatic rings. The number of thiophene rings is 1. The third-order valence-corrected chi connectivity index (χ3v) is 6.47. The maximum absolute atomic E-state index is 13.2. The van der Waals surface area contributed by atoms with E-state index in [1.165, 1.54) is 10.4 Å². The number of hydrogen-bond donors (Lipinski definition) is 0. The number of hydrogen-bond acceptors (Lipinski definition) is 4. The van der Waals surface area contributed by atoms with Crippen LogP contribution in [-0.4, -0.2) is 57.6 Å². The fraction of sp³-hybridized carbons (Fsp3) is 0.292. The van der Waals surface area contributed by atoms with E-state index in [9.17, 15) is 9.59 Å². The highest BCUT2D eigenvalue weighted by Gasteiger charge is 2.32. The molecule has 0 radical (unpaired) electrons. The van der Waals surface area contributed by atoms with Crippen LogP contribution in [0.4, 0.5) is 0 Å². The summed E-state index contributed by atoms with van der Waals surface area (Å²) in [5.74, 6) is -0.367. The average molecular weight is 435 g/mol. The smallest absolute Gasteiger partial charge is 0.274 e. The van der Waals surface area contributed by atoms with Gasteiger partial charge in [-0.25, -0.2) is 0 Å². The molecule has 3 aromatic rings. The SMILES string of the molecule is C=CCN1CCN(C(=O)c2ccn(C)n2)C[C@H](Cc2ccc(-c3cccs3)cc2)C1=O. The van der Waals surface area contributed by atoms with Crippen LogP contribution >= 0.6 is 11.3 Å². The lowest BCUT2D eigenvalue weighted by atomic mass is 9.96. The number of rotatable bonds is 6. The van der Waals surface area contributed by atoms with Crippen molar-refractivity contribution in [3.8, 4) is 10.4 Å². The van der Waals surface area contributed by atoms with Crippen LogP contribution in [0.25, 0.3) is 10.4 Å². The minimum atomic E-state index is -0.303. The molecule has 1 atom stereocenters. The molecule has 0 spiro atoms. The van der Waals surface area contributed by atoms with Crippen LogP contribution in [0.1, 0.15) is 16.1 Å². The zero-order valence-electron chi connectivity index (χ0n) is 17.6. The van der Waals surface area contributed by atoms with Gasteiger partial charge in [-0.3, -0.25) is 14.3 Å². The Labute approximate surface area is 186 Å². The third kappa shape index (κ3) is 4.77. The first-order valence-electron chi connectivity index (χ1n) is 10.4. The minimum Gasteiger partial charge on any atom is -0.337 e. The summed E-state index contributed by atoms with van der Waals surface area (Å²) in [6.07, 6.45) is 4.08. The van der Waals surface area contributed by atoms with Crippen LogP contribution in [0.5, 0.6) is 0 Å². The second-order valence-corrected chi connectivity index (χ2v) is 8.72. The molecule has 31 heavy (non-hydrogen) atoms. The normalized spacial score (nSPS) is 16.9. The number of aromatic nitrogens is 2. The molecule has 1 aromatic carbocycles. The number of nitrogens with zero attached hydrogens (tertiary/aromatic N) is 4. The molecule has 6 nitrogen and oxygen atoms in total. The van der Waals surface area contributed by atoms with E-state index in [2.05, 4.69) is 47.4 Å². The second-order valence-electron chi connectivity index (χ2n) is 7.77. The van der Waals surface area contributed by atoms with E-state index in [1.807, 2.05) is 6.07 Å². The topological polar surface area (TPSA) is 58.4 Å². The predicted molar refractivity (Wildman–Crippen MR) is 123 cm³/mol. The highest BCUT2D eigenvalue weighted by molar-refractivity contribution is 7.13. The molecule has 7 heteroatoms. The summed E-state index contributed by atoms with van der Waals surface area (Å²) < 4.78 is 1.62. The van der Waals surface area contributed by atoms with Gasteiger partial charge in [0, 0.05) is 44.3 Å². The Morgan fingerprint density at radius 2 is 2.03 bits per heavy atom. The molecular weight excluding hydrogens is 408 g/mol. The molecule has 0 bridgehead atoms. The molecular formula is C24H26N4O2S. The summed E-state index contributed by atoms with van der Waals surface area (Å²) >= 11 is 1.71. The van der Waals surface area contributed by atoms with Gasteiger partial charge >= 0.3 is 0 Å². The Bertz CT molecular complexity index is 1060. The van der Waals surface area contributed by atoms with Crippen molar-refractivity contribution in [3.63, 3.8) is 0 Å². The number of carbonyl (C=O) groups excluding carboxylic acids is 2. The first-order valence-corrected chi connectivity index (χ1v) is 11.2. The fourth-order valence-corrected chi connectivity index (χ4v) is 4.68. The number of carbonyl (C=O) groups is 2. The maximum Gasteiger partial charge on any atom is 0.274 e. The summed E-state index contributed by atoms with van der Waals surface area (Å²) in [6.45, 7) is 5.64. The van der Waals surface area contributed by atoms with Gasteiger partial charge in [0.05, 0.1) is 5.92 Å². The van der Waals surface area contributed by atoms with Gasteiger partial charge in [-0.15, -0.1) is 17.9 Å². The lowest BCUT2D eigenvalue weighted by Crippen LogP contribution is -2.38. The van der Waals surface area contributed by atoms with E-state index in [0.29, 0.717) is 38.3 Å². The van der Waals surface area contributed by atoms with Crippen molar-refractivity contribution in [1.82, 2.24) is 19.6 Å². The van der Waals surface area contributed by atoms with Gasteiger partial charge in [0.2, 0.25) is 5.91 Å². The van der Waals surface area contributed by atoms with Crippen molar-refractivity contribution < 1.29 is 9.59 Å². The van der Waals surface area contributed by atoms with Gasteiger partial charge in [-0.1, -0.05) is 36.4 Å². The summed E-state index contributed by atoms with van der Waals surface area (Å²) in [6, 6.07) is 14.2. The van der Waals surface area contributed by atoms with Crippen LogP contribution < -0.4 is 0 Å². The zero-order valence-corrected chi connectivity index (χ0v) is 18.4. The molecule has 2 aromatic heterocycles. The Hall–Kier alpha value is -3.19. The van der Waals surface area contributed by atoms with Crippen molar-refractivity contribution in [3.05, 3.63) is 78.0 Å². The number of amides is 2. The Morgan fingerprint density at radius 1 is 1.23 bits per heavy atom. The van der Waals surface area contributed by atoms with Crippen molar-refractivity contribution >= 4 is 23.2 Å². The van der Waals surface area contributed by atoms with E-state index in [-0.39, 0.29) is 17.7 Å². The Morgan fingerprint density at radius 3 is 2.68 bits per heavy atom. The van der Waals surface area contributed by atoms with E-state index in [0.717, 1.165) is 5.56 Å². The first kappa shape index (κ1) is 21.1. The lowest BCUT2D eigenvalue weighted by molar-refractivity contribution is -0.134. The highest BCUT2D eigenvalue weighted by Crippen LogP contribution is 2.26. The van der Waals surface area contributed by atoms with Gasteiger partial charge in [0.15, 0.2) is 0 Å². The van der Waals surface area contributed by atoms with Crippen LogP contribution in [0.2, 0.25) is 0 Å². The molecule has 1 fully saturated rings. The molecule has 0 aliphatic carbocycles. The van der Waals surface area contributed by atoms with E-state index >= 15 is 0 Å². The van der Waals surface area contributed by atoms with Crippen molar-refractivity contribution in [2.75, 3.05) is 26.2 Å². The second kappa shape index (κ2) is 9.31. The lowest BCUT2D eigenvalue weighted by Gasteiger charge is -2.23. The number of aryl methyl sites for hydroxylation is 1. The third-order valence-electron chi connectivity index (χ3n) is 5.55. The molecule has 0 N–H and O–H groups in total. The Kier molecular flexibility index (Phi) is 6.32. The molecule has 4 rings (SSSR count). The molecule has 3 heterocycles. The van der Waals surface area contributed by atoms with Crippen LogP contribution in [0.15, 0.2) is 66.7 Å². The largest absolute Gasteiger partial charge is 0.337 e. The fourth-order valence-electron chi connectivity index (χ4n) is 3.94.